The number of hydrogen-bond donors (Lipinski definition) is 3. The third-order valence-corrected chi connectivity index (χ3v) is 2.57. The Morgan fingerprint density at radius 2 is 2.17 bits per heavy atom. The van der Waals surface area contributed by atoms with E-state index in [9.17, 15) is 9.59 Å². The summed E-state index contributed by atoms with van der Waals surface area (Å²) in [6.07, 6.45) is 2.04. The van der Waals surface area contributed by atoms with Gasteiger partial charge >= 0.3 is 5.97 Å². The van der Waals surface area contributed by atoms with Gasteiger partial charge < -0.3 is 20.9 Å². The second kappa shape index (κ2) is 4.95. The molecule has 1 aliphatic carbocycles. The average molecular weight is 250 g/mol. The molecule has 1 amide bonds. The fourth-order valence-electron chi connectivity index (χ4n) is 1.47. The Morgan fingerprint density at radius 1 is 1.44 bits per heavy atom. The molecule has 1 aliphatic rings. The molecular weight excluding hydrogens is 236 g/mol. The van der Waals surface area contributed by atoms with Gasteiger partial charge in [-0.25, -0.2) is 4.79 Å². The summed E-state index contributed by atoms with van der Waals surface area (Å²) in [6.45, 7) is -0.0949. The van der Waals surface area contributed by atoms with Crippen molar-refractivity contribution in [1.29, 1.82) is 0 Å². The van der Waals surface area contributed by atoms with Crippen LogP contribution in [0.25, 0.3) is 0 Å². The van der Waals surface area contributed by atoms with Crippen LogP contribution < -0.4 is 15.8 Å². The van der Waals surface area contributed by atoms with E-state index in [1.807, 2.05) is 0 Å². The molecule has 1 fully saturated rings. The number of aromatic carboxylic acids is 1. The second-order valence-corrected chi connectivity index (χ2v) is 4.18. The molecule has 1 saturated carbocycles. The van der Waals surface area contributed by atoms with Crippen LogP contribution in [0.5, 0.6) is 5.75 Å². The Hall–Kier alpha value is -2.24. The van der Waals surface area contributed by atoms with Crippen LogP contribution in [0.15, 0.2) is 18.2 Å². The number of carboxylic acids is 1. The number of anilines is 1. The van der Waals surface area contributed by atoms with Gasteiger partial charge in [0, 0.05) is 17.8 Å². The largest absolute Gasteiger partial charge is 0.484 e. The van der Waals surface area contributed by atoms with Crippen LogP contribution in [-0.4, -0.2) is 29.6 Å². The number of benzene rings is 1. The second-order valence-electron chi connectivity index (χ2n) is 4.18. The summed E-state index contributed by atoms with van der Waals surface area (Å²) >= 11 is 0. The van der Waals surface area contributed by atoms with Crippen LogP contribution >= 0.6 is 0 Å². The highest BCUT2D eigenvalue weighted by Crippen LogP contribution is 2.20. The molecule has 2 rings (SSSR count). The molecule has 4 N–H and O–H groups in total. The predicted octanol–water partition coefficient (Wildman–Crippen LogP) is 0.624. The first-order valence-corrected chi connectivity index (χ1v) is 5.61. The lowest BCUT2D eigenvalue weighted by atomic mass is 10.2. The van der Waals surface area contributed by atoms with Crippen LogP contribution in [0.1, 0.15) is 23.2 Å². The summed E-state index contributed by atoms with van der Waals surface area (Å²) in [4.78, 5) is 22.1. The Balaban J connectivity index is 1.90. The minimum Gasteiger partial charge on any atom is -0.484 e. The number of rotatable bonds is 5. The molecule has 0 unspecified atom stereocenters. The number of hydrogen-bond acceptors (Lipinski definition) is 4. The molecule has 6 heteroatoms. The maximum atomic E-state index is 11.4. The topological polar surface area (TPSA) is 102 Å². The van der Waals surface area contributed by atoms with Crippen LogP contribution in [-0.2, 0) is 4.79 Å². The van der Waals surface area contributed by atoms with Crippen molar-refractivity contribution in [2.45, 2.75) is 18.9 Å². The molecule has 18 heavy (non-hydrogen) atoms. The van der Waals surface area contributed by atoms with E-state index in [4.69, 9.17) is 15.6 Å². The maximum absolute atomic E-state index is 11.4. The average Bonchev–Trinajstić information content (AvgIpc) is 3.10. The number of amides is 1. The zero-order valence-corrected chi connectivity index (χ0v) is 9.68. The van der Waals surface area contributed by atoms with Crippen molar-refractivity contribution in [3.05, 3.63) is 23.8 Å². The lowest BCUT2D eigenvalue weighted by Crippen LogP contribution is -2.30. The molecule has 0 spiro atoms. The third-order valence-electron chi connectivity index (χ3n) is 2.57. The summed E-state index contributed by atoms with van der Waals surface area (Å²) in [5.41, 5.74) is 5.69. The SMILES string of the molecule is Nc1cc(OCC(=O)NC2CC2)ccc1C(=O)O. The van der Waals surface area contributed by atoms with E-state index in [1.54, 1.807) is 0 Å². The van der Waals surface area contributed by atoms with Gasteiger partial charge in [-0.05, 0) is 25.0 Å². The predicted molar refractivity (Wildman–Crippen MR) is 64.5 cm³/mol. The zero-order valence-electron chi connectivity index (χ0n) is 9.68. The minimum absolute atomic E-state index is 0.0183. The molecular formula is C12H14N2O4. The van der Waals surface area contributed by atoms with Gasteiger partial charge in [0.05, 0.1) is 5.56 Å². The zero-order chi connectivity index (χ0) is 13.1. The number of carbonyl (C=O) groups excluding carboxylic acids is 1. The molecule has 0 aliphatic heterocycles. The smallest absolute Gasteiger partial charge is 0.337 e. The number of ether oxygens (including phenoxy) is 1. The van der Waals surface area contributed by atoms with Crippen molar-refractivity contribution >= 4 is 17.6 Å². The highest BCUT2D eigenvalue weighted by molar-refractivity contribution is 5.93. The lowest BCUT2D eigenvalue weighted by Gasteiger charge is -2.08. The standard InChI is InChI=1S/C12H14N2O4/c13-10-5-8(3-4-9(10)12(16)17)18-6-11(15)14-7-1-2-7/h3-5,7H,1-2,6,13H2,(H,14,15)(H,16,17). The fraction of sp³-hybridized carbons (Fsp3) is 0.333. The van der Waals surface area contributed by atoms with Gasteiger partial charge in [-0.3, -0.25) is 4.79 Å². The van der Waals surface area contributed by atoms with Gasteiger partial charge in [0.2, 0.25) is 0 Å². The maximum Gasteiger partial charge on any atom is 0.337 e. The monoisotopic (exact) mass is 250 g/mol. The molecule has 1 aromatic carbocycles. The molecule has 96 valence electrons. The van der Waals surface area contributed by atoms with Crippen molar-refractivity contribution in [2.24, 2.45) is 0 Å². The first-order valence-electron chi connectivity index (χ1n) is 5.61. The van der Waals surface area contributed by atoms with Crippen LogP contribution in [0, 0.1) is 0 Å². The summed E-state index contributed by atoms with van der Waals surface area (Å²) in [5, 5.41) is 11.6. The van der Waals surface area contributed by atoms with Crippen molar-refractivity contribution in [1.82, 2.24) is 5.32 Å². The van der Waals surface area contributed by atoms with E-state index >= 15 is 0 Å². The van der Waals surface area contributed by atoms with E-state index in [-0.39, 0.29) is 23.8 Å². The Labute approximate surface area is 104 Å². The molecule has 0 aromatic heterocycles. The van der Waals surface area contributed by atoms with E-state index in [0.717, 1.165) is 12.8 Å². The fourth-order valence-corrected chi connectivity index (χ4v) is 1.47. The Kier molecular flexibility index (Phi) is 3.36. The Bertz CT molecular complexity index is 483. The first-order chi connectivity index (χ1) is 8.56. The first kappa shape index (κ1) is 12.2. The van der Waals surface area contributed by atoms with E-state index in [1.165, 1.54) is 18.2 Å². The summed E-state index contributed by atoms with van der Waals surface area (Å²) in [6, 6.07) is 4.52. The van der Waals surface area contributed by atoms with E-state index < -0.39 is 5.97 Å². The summed E-state index contributed by atoms with van der Waals surface area (Å²) in [5.74, 6) is -0.896. The van der Waals surface area contributed by atoms with Gasteiger partial charge in [-0.2, -0.15) is 0 Å². The normalized spacial score (nSPS) is 14.0. The van der Waals surface area contributed by atoms with Crippen LogP contribution in [0.2, 0.25) is 0 Å². The molecule has 0 radical (unpaired) electrons. The van der Waals surface area contributed by atoms with Crippen molar-refractivity contribution < 1.29 is 19.4 Å². The quantitative estimate of drug-likeness (QED) is 0.665. The molecule has 6 nitrogen and oxygen atoms in total. The van der Waals surface area contributed by atoms with Crippen LogP contribution in [0.4, 0.5) is 5.69 Å². The summed E-state index contributed by atoms with van der Waals surface area (Å²) in [7, 11) is 0. The number of carboxylic acid groups (broad SMARTS) is 1. The molecule has 0 heterocycles. The summed E-state index contributed by atoms with van der Waals surface area (Å²) < 4.78 is 5.23. The molecule has 0 bridgehead atoms. The lowest BCUT2D eigenvalue weighted by molar-refractivity contribution is -0.123. The molecule has 1 aromatic rings. The Morgan fingerprint density at radius 3 is 2.72 bits per heavy atom. The highest BCUT2D eigenvalue weighted by Gasteiger charge is 2.23. The van der Waals surface area contributed by atoms with Crippen LogP contribution in [0.3, 0.4) is 0 Å². The number of carbonyl (C=O) groups is 2. The van der Waals surface area contributed by atoms with E-state index in [0.29, 0.717) is 11.8 Å². The van der Waals surface area contributed by atoms with Gasteiger partial charge in [-0.15, -0.1) is 0 Å². The number of nitrogens with one attached hydrogen (secondary N) is 1. The molecule has 0 atom stereocenters. The van der Waals surface area contributed by atoms with Crippen molar-refractivity contribution in [3.63, 3.8) is 0 Å². The van der Waals surface area contributed by atoms with Gasteiger partial charge in [0.15, 0.2) is 6.61 Å². The highest BCUT2D eigenvalue weighted by atomic mass is 16.5. The van der Waals surface area contributed by atoms with Gasteiger partial charge in [0.1, 0.15) is 5.75 Å². The van der Waals surface area contributed by atoms with Crippen molar-refractivity contribution in [2.75, 3.05) is 12.3 Å². The third kappa shape index (κ3) is 3.13. The molecule has 0 saturated heterocycles. The van der Waals surface area contributed by atoms with Crippen molar-refractivity contribution in [3.8, 4) is 5.75 Å². The number of nitrogens with two attached hydrogens (primary N) is 1. The minimum atomic E-state index is -1.09. The van der Waals surface area contributed by atoms with Gasteiger partial charge in [0.25, 0.3) is 5.91 Å². The van der Waals surface area contributed by atoms with E-state index in [2.05, 4.69) is 5.32 Å². The number of nitrogen functional groups attached to an aromatic ring is 1. The van der Waals surface area contributed by atoms with Gasteiger partial charge in [-0.1, -0.05) is 0 Å².